The van der Waals surface area contributed by atoms with Crippen molar-refractivity contribution in [3.63, 3.8) is 0 Å². The minimum absolute atomic E-state index is 0.0249. The SMILES string of the molecule is Cc1ccc(-c2ccc(C(=O)Nc3cc(Cl)c(Cl)c(Cl)c3)c(=O)[nH]2)cc1. The Morgan fingerprint density at radius 1 is 0.962 bits per heavy atom. The summed E-state index contributed by atoms with van der Waals surface area (Å²) in [6.45, 7) is 1.98. The van der Waals surface area contributed by atoms with Gasteiger partial charge in [0, 0.05) is 11.4 Å². The van der Waals surface area contributed by atoms with E-state index in [4.69, 9.17) is 34.8 Å². The first-order chi connectivity index (χ1) is 12.3. The fourth-order valence-corrected chi connectivity index (χ4v) is 2.98. The number of aryl methyl sites for hydroxylation is 1. The molecule has 1 amide bonds. The summed E-state index contributed by atoms with van der Waals surface area (Å²) >= 11 is 17.8. The number of pyridine rings is 1. The van der Waals surface area contributed by atoms with Crippen molar-refractivity contribution in [1.29, 1.82) is 0 Å². The first kappa shape index (κ1) is 18.5. The van der Waals surface area contributed by atoms with Crippen LogP contribution in [0.2, 0.25) is 15.1 Å². The smallest absolute Gasteiger partial charge is 0.261 e. The van der Waals surface area contributed by atoms with Crippen LogP contribution in [0, 0.1) is 6.92 Å². The molecule has 0 fully saturated rings. The Morgan fingerprint density at radius 2 is 1.58 bits per heavy atom. The molecular formula is C19H13Cl3N2O2. The van der Waals surface area contributed by atoms with Crippen molar-refractivity contribution < 1.29 is 4.79 Å². The van der Waals surface area contributed by atoms with Crippen molar-refractivity contribution in [3.05, 3.63) is 85.1 Å². The van der Waals surface area contributed by atoms with Crippen LogP contribution in [-0.2, 0) is 0 Å². The lowest BCUT2D eigenvalue weighted by Crippen LogP contribution is -2.23. The van der Waals surface area contributed by atoms with Gasteiger partial charge in [0.15, 0.2) is 0 Å². The Morgan fingerprint density at radius 3 is 2.15 bits per heavy atom. The lowest BCUT2D eigenvalue weighted by atomic mass is 10.1. The lowest BCUT2D eigenvalue weighted by molar-refractivity contribution is 0.102. The molecule has 3 rings (SSSR count). The Labute approximate surface area is 164 Å². The van der Waals surface area contributed by atoms with Crippen LogP contribution in [0.3, 0.4) is 0 Å². The third kappa shape index (κ3) is 3.93. The van der Waals surface area contributed by atoms with Crippen molar-refractivity contribution in [2.24, 2.45) is 0 Å². The third-order valence-corrected chi connectivity index (χ3v) is 4.96. The van der Waals surface area contributed by atoms with Crippen LogP contribution < -0.4 is 10.9 Å². The number of carbonyl (C=O) groups is 1. The molecule has 7 heteroatoms. The highest BCUT2D eigenvalue weighted by molar-refractivity contribution is 6.48. The van der Waals surface area contributed by atoms with Gasteiger partial charge in [-0.15, -0.1) is 0 Å². The molecule has 0 atom stereocenters. The fraction of sp³-hybridized carbons (Fsp3) is 0.0526. The molecule has 0 aliphatic carbocycles. The van der Waals surface area contributed by atoms with Gasteiger partial charge in [0.25, 0.3) is 11.5 Å². The molecule has 0 unspecified atom stereocenters. The number of hydrogen-bond donors (Lipinski definition) is 2. The Kier molecular flexibility index (Phi) is 5.37. The average molecular weight is 408 g/mol. The number of amides is 1. The number of rotatable bonds is 3. The van der Waals surface area contributed by atoms with E-state index in [1.54, 1.807) is 6.07 Å². The molecule has 0 spiro atoms. The second-order valence-electron chi connectivity index (χ2n) is 5.69. The van der Waals surface area contributed by atoms with E-state index in [1.165, 1.54) is 18.2 Å². The van der Waals surface area contributed by atoms with E-state index in [0.717, 1.165) is 11.1 Å². The quantitative estimate of drug-likeness (QED) is 0.558. The Hall–Kier alpha value is -2.27. The molecule has 1 aromatic heterocycles. The van der Waals surface area contributed by atoms with Crippen LogP contribution in [-0.4, -0.2) is 10.9 Å². The zero-order chi connectivity index (χ0) is 18.8. The largest absolute Gasteiger partial charge is 0.322 e. The van der Waals surface area contributed by atoms with Crippen molar-refractivity contribution in [3.8, 4) is 11.3 Å². The Balaban J connectivity index is 1.86. The van der Waals surface area contributed by atoms with Gasteiger partial charge in [-0.25, -0.2) is 0 Å². The number of aromatic nitrogens is 1. The maximum absolute atomic E-state index is 12.4. The molecule has 3 aromatic rings. The summed E-state index contributed by atoms with van der Waals surface area (Å²) < 4.78 is 0. The van der Waals surface area contributed by atoms with Crippen molar-refractivity contribution in [2.75, 3.05) is 5.32 Å². The van der Waals surface area contributed by atoms with Crippen LogP contribution in [0.15, 0.2) is 53.3 Å². The summed E-state index contributed by atoms with van der Waals surface area (Å²) in [5.74, 6) is -0.573. The normalized spacial score (nSPS) is 10.6. The van der Waals surface area contributed by atoms with Crippen LogP contribution in [0.4, 0.5) is 5.69 Å². The standard InChI is InChI=1S/C19H13Cl3N2O2/c1-10-2-4-11(5-3-10)16-7-6-13(19(26)24-16)18(25)23-12-8-14(20)17(22)15(21)9-12/h2-9H,1H3,(H,23,25)(H,24,26). The highest BCUT2D eigenvalue weighted by Gasteiger charge is 2.14. The van der Waals surface area contributed by atoms with E-state index in [0.29, 0.717) is 11.4 Å². The summed E-state index contributed by atoms with van der Waals surface area (Å²) in [5.41, 5.74) is 2.43. The molecule has 2 aromatic carbocycles. The van der Waals surface area contributed by atoms with E-state index in [1.807, 2.05) is 31.2 Å². The summed E-state index contributed by atoms with van der Waals surface area (Å²) in [6.07, 6.45) is 0. The topological polar surface area (TPSA) is 62.0 Å². The van der Waals surface area contributed by atoms with Crippen LogP contribution in [0.25, 0.3) is 11.3 Å². The van der Waals surface area contributed by atoms with Gasteiger partial charge in [0.2, 0.25) is 0 Å². The molecule has 0 saturated heterocycles. The van der Waals surface area contributed by atoms with Crippen LogP contribution >= 0.6 is 34.8 Å². The molecule has 0 aliphatic heterocycles. The number of aromatic amines is 1. The van der Waals surface area contributed by atoms with Gasteiger partial charge >= 0.3 is 0 Å². The van der Waals surface area contributed by atoms with E-state index >= 15 is 0 Å². The second-order valence-corrected chi connectivity index (χ2v) is 6.88. The van der Waals surface area contributed by atoms with Crippen LogP contribution in [0.1, 0.15) is 15.9 Å². The highest BCUT2D eigenvalue weighted by atomic mass is 35.5. The summed E-state index contributed by atoms with van der Waals surface area (Å²) in [5, 5.41) is 3.20. The minimum atomic E-state index is -0.573. The first-order valence-electron chi connectivity index (χ1n) is 7.61. The van der Waals surface area contributed by atoms with Crippen LogP contribution in [0.5, 0.6) is 0 Å². The summed E-state index contributed by atoms with van der Waals surface area (Å²) in [7, 11) is 0. The van der Waals surface area contributed by atoms with Gasteiger partial charge in [-0.1, -0.05) is 64.6 Å². The minimum Gasteiger partial charge on any atom is -0.322 e. The predicted molar refractivity (Wildman–Crippen MR) is 107 cm³/mol. The van der Waals surface area contributed by atoms with Gasteiger partial charge in [-0.05, 0) is 36.8 Å². The molecule has 132 valence electrons. The molecule has 26 heavy (non-hydrogen) atoms. The van der Waals surface area contributed by atoms with E-state index < -0.39 is 11.5 Å². The van der Waals surface area contributed by atoms with Gasteiger partial charge in [0.1, 0.15) is 5.56 Å². The van der Waals surface area contributed by atoms with Crippen molar-refractivity contribution >= 4 is 46.4 Å². The number of anilines is 1. The molecule has 2 N–H and O–H groups in total. The first-order valence-corrected chi connectivity index (χ1v) is 8.75. The van der Waals surface area contributed by atoms with E-state index in [2.05, 4.69) is 10.3 Å². The monoisotopic (exact) mass is 406 g/mol. The van der Waals surface area contributed by atoms with Gasteiger partial charge in [-0.2, -0.15) is 0 Å². The lowest BCUT2D eigenvalue weighted by Gasteiger charge is -2.08. The second kappa shape index (κ2) is 7.54. The fourth-order valence-electron chi connectivity index (χ4n) is 2.38. The number of H-pyrrole nitrogens is 1. The number of benzene rings is 2. The van der Waals surface area contributed by atoms with E-state index in [-0.39, 0.29) is 20.6 Å². The predicted octanol–water partition coefficient (Wildman–Crippen LogP) is 5.56. The number of nitrogens with one attached hydrogen (secondary N) is 2. The van der Waals surface area contributed by atoms with Crippen molar-refractivity contribution in [1.82, 2.24) is 4.98 Å². The maximum atomic E-state index is 12.4. The molecule has 0 radical (unpaired) electrons. The molecule has 0 bridgehead atoms. The average Bonchev–Trinajstić information content (AvgIpc) is 2.60. The van der Waals surface area contributed by atoms with Gasteiger partial charge in [-0.3, -0.25) is 9.59 Å². The van der Waals surface area contributed by atoms with Gasteiger partial charge in [0.05, 0.1) is 15.1 Å². The van der Waals surface area contributed by atoms with Crippen molar-refractivity contribution in [2.45, 2.75) is 6.92 Å². The van der Waals surface area contributed by atoms with E-state index in [9.17, 15) is 9.59 Å². The zero-order valence-corrected chi connectivity index (χ0v) is 15.8. The molecule has 0 saturated carbocycles. The number of carbonyl (C=O) groups excluding carboxylic acids is 1. The molecule has 1 heterocycles. The third-order valence-electron chi connectivity index (χ3n) is 3.76. The summed E-state index contributed by atoms with van der Waals surface area (Å²) in [6, 6.07) is 13.8. The molecular weight excluding hydrogens is 395 g/mol. The zero-order valence-electron chi connectivity index (χ0n) is 13.6. The van der Waals surface area contributed by atoms with Gasteiger partial charge < -0.3 is 10.3 Å². The number of hydrogen-bond acceptors (Lipinski definition) is 2. The molecule has 0 aliphatic rings. The summed E-state index contributed by atoms with van der Waals surface area (Å²) in [4.78, 5) is 27.4. The maximum Gasteiger partial charge on any atom is 0.261 e. The number of halogens is 3. The Bertz CT molecular complexity index is 1020. The molecule has 4 nitrogen and oxygen atoms in total. The highest BCUT2D eigenvalue weighted by Crippen LogP contribution is 2.33.